The van der Waals surface area contributed by atoms with Crippen molar-refractivity contribution in [2.45, 2.75) is 32.3 Å². The van der Waals surface area contributed by atoms with E-state index in [1.54, 1.807) is 0 Å². The third kappa shape index (κ3) is 2.97. The van der Waals surface area contributed by atoms with E-state index in [1.807, 2.05) is 6.07 Å². The molecule has 0 spiro atoms. The number of hydrogen-bond acceptors (Lipinski definition) is 5. The first-order valence-corrected chi connectivity index (χ1v) is 6.31. The number of ether oxygens (including phenoxy) is 1. The highest BCUT2D eigenvalue weighted by Gasteiger charge is 2.25. The van der Waals surface area contributed by atoms with Crippen LogP contribution in [0.3, 0.4) is 0 Å². The standard InChI is InChI=1S/C13H22N4O/c1-13(2,3)10-7-11(14)16-12(15-10)9-8-17(4)5-6-18-9/h7,9H,5-6,8H2,1-4H3,(H2,14,15,16). The molecule has 1 aliphatic heterocycles. The maximum atomic E-state index is 5.88. The second kappa shape index (κ2) is 4.82. The first-order valence-electron chi connectivity index (χ1n) is 6.31. The molecular weight excluding hydrogens is 228 g/mol. The van der Waals surface area contributed by atoms with Crippen LogP contribution in [0, 0.1) is 0 Å². The molecule has 2 N–H and O–H groups in total. The molecule has 2 heterocycles. The fourth-order valence-electron chi connectivity index (χ4n) is 1.95. The third-order valence-corrected chi connectivity index (χ3v) is 3.09. The molecular formula is C13H22N4O. The summed E-state index contributed by atoms with van der Waals surface area (Å²) in [6.45, 7) is 8.83. The summed E-state index contributed by atoms with van der Waals surface area (Å²) in [4.78, 5) is 11.2. The number of rotatable bonds is 1. The summed E-state index contributed by atoms with van der Waals surface area (Å²) < 4.78 is 5.73. The zero-order valence-electron chi connectivity index (χ0n) is 11.6. The molecule has 1 unspecified atom stereocenters. The molecule has 1 saturated heterocycles. The number of morpholine rings is 1. The average Bonchev–Trinajstić information content (AvgIpc) is 2.27. The molecule has 18 heavy (non-hydrogen) atoms. The van der Waals surface area contributed by atoms with E-state index in [2.05, 4.69) is 42.7 Å². The molecule has 0 saturated carbocycles. The number of aromatic nitrogens is 2. The molecule has 2 rings (SSSR count). The lowest BCUT2D eigenvalue weighted by Gasteiger charge is -2.29. The largest absolute Gasteiger partial charge is 0.384 e. The number of hydrogen-bond donors (Lipinski definition) is 1. The minimum atomic E-state index is -0.0756. The van der Waals surface area contributed by atoms with Crippen LogP contribution in [-0.4, -0.2) is 41.6 Å². The number of likely N-dealkylation sites (N-methyl/N-ethyl adjacent to an activating group) is 1. The van der Waals surface area contributed by atoms with Gasteiger partial charge in [-0.25, -0.2) is 9.97 Å². The molecule has 5 nitrogen and oxygen atoms in total. The summed E-state index contributed by atoms with van der Waals surface area (Å²) in [7, 11) is 2.08. The van der Waals surface area contributed by atoms with E-state index in [-0.39, 0.29) is 11.5 Å². The van der Waals surface area contributed by atoms with Gasteiger partial charge in [-0.15, -0.1) is 0 Å². The van der Waals surface area contributed by atoms with E-state index in [0.29, 0.717) is 18.2 Å². The van der Waals surface area contributed by atoms with E-state index in [4.69, 9.17) is 10.5 Å². The first-order chi connectivity index (χ1) is 8.36. The second-order valence-corrected chi connectivity index (χ2v) is 5.91. The van der Waals surface area contributed by atoms with Crippen LogP contribution in [-0.2, 0) is 10.2 Å². The van der Waals surface area contributed by atoms with Crippen molar-refractivity contribution in [3.8, 4) is 0 Å². The van der Waals surface area contributed by atoms with E-state index >= 15 is 0 Å². The molecule has 1 atom stereocenters. The number of nitrogen functional groups attached to an aromatic ring is 1. The Morgan fingerprint density at radius 2 is 2.11 bits per heavy atom. The Labute approximate surface area is 108 Å². The summed E-state index contributed by atoms with van der Waals surface area (Å²) in [5.74, 6) is 1.22. The zero-order valence-corrected chi connectivity index (χ0v) is 11.6. The molecule has 1 aromatic heterocycles. The molecule has 1 fully saturated rings. The zero-order chi connectivity index (χ0) is 13.3. The lowest BCUT2D eigenvalue weighted by atomic mass is 9.92. The van der Waals surface area contributed by atoms with Gasteiger partial charge in [0.2, 0.25) is 0 Å². The number of nitrogens with two attached hydrogens (primary N) is 1. The van der Waals surface area contributed by atoms with Gasteiger partial charge in [-0.1, -0.05) is 20.8 Å². The fourth-order valence-corrected chi connectivity index (χ4v) is 1.95. The second-order valence-electron chi connectivity index (χ2n) is 5.91. The van der Waals surface area contributed by atoms with Gasteiger partial charge < -0.3 is 15.4 Å². The van der Waals surface area contributed by atoms with Gasteiger partial charge in [0.1, 0.15) is 11.9 Å². The minimum absolute atomic E-state index is 0.0353. The van der Waals surface area contributed by atoms with Gasteiger partial charge in [-0.05, 0) is 7.05 Å². The molecule has 1 aliphatic rings. The molecule has 0 amide bonds. The Hall–Kier alpha value is -1.20. The van der Waals surface area contributed by atoms with Crippen LogP contribution in [0.5, 0.6) is 0 Å². The Kier molecular flexibility index (Phi) is 3.54. The smallest absolute Gasteiger partial charge is 0.161 e. The summed E-state index contributed by atoms with van der Waals surface area (Å²) in [5, 5.41) is 0. The Morgan fingerprint density at radius 3 is 2.72 bits per heavy atom. The van der Waals surface area contributed by atoms with Crippen molar-refractivity contribution in [3.05, 3.63) is 17.6 Å². The van der Waals surface area contributed by atoms with Gasteiger partial charge in [-0.2, -0.15) is 0 Å². The van der Waals surface area contributed by atoms with Gasteiger partial charge in [0.25, 0.3) is 0 Å². The lowest BCUT2D eigenvalue weighted by Crippen LogP contribution is -2.36. The molecule has 0 bridgehead atoms. The molecule has 0 radical (unpaired) electrons. The van der Waals surface area contributed by atoms with Gasteiger partial charge in [0, 0.05) is 24.6 Å². The Morgan fingerprint density at radius 1 is 1.39 bits per heavy atom. The van der Waals surface area contributed by atoms with E-state index < -0.39 is 0 Å². The topological polar surface area (TPSA) is 64.3 Å². The van der Waals surface area contributed by atoms with Crippen molar-refractivity contribution in [1.82, 2.24) is 14.9 Å². The molecule has 0 aromatic carbocycles. The van der Waals surface area contributed by atoms with E-state index in [9.17, 15) is 0 Å². The van der Waals surface area contributed by atoms with Crippen LogP contribution in [0.1, 0.15) is 38.4 Å². The van der Waals surface area contributed by atoms with Crippen LogP contribution < -0.4 is 5.73 Å². The normalized spacial score (nSPS) is 22.1. The SMILES string of the molecule is CN1CCOC(c2nc(N)cc(C(C)(C)C)n2)C1. The van der Waals surface area contributed by atoms with Gasteiger partial charge in [0.05, 0.1) is 12.3 Å². The third-order valence-electron chi connectivity index (χ3n) is 3.09. The fraction of sp³-hybridized carbons (Fsp3) is 0.692. The van der Waals surface area contributed by atoms with Crippen molar-refractivity contribution >= 4 is 5.82 Å². The van der Waals surface area contributed by atoms with Gasteiger partial charge in [-0.3, -0.25) is 0 Å². The molecule has 0 aliphatic carbocycles. The Balaban J connectivity index is 2.30. The maximum absolute atomic E-state index is 5.88. The molecule has 100 valence electrons. The number of nitrogens with zero attached hydrogens (tertiary/aromatic N) is 3. The van der Waals surface area contributed by atoms with Crippen molar-refractivity contribution in [2.75, 3.05) is 32.5 Å². The highest BCUT2D eigenvalue weighted by Crippen LogP contribution is 2.25. The monoisotopic (exact) mass is 250 g/mol. The summed E-state index contributed by atoms with van der Waals surface area (Å²) in [5.41, 5.74) is 6.80. The predicted octanol–water partition coefficient (Wildman–Crippen LogP) is 1.36. The van der Waals surface area contributed by atoms with Crippen LogP contribution in [0.15, 0.2) is 6.07 Å². The number of anilines is 1. The van der Waals surface area contributed by atoms with Gasteiger partial charge >= 0.3 is 0 Å². The predicted molar refractivity (Wildman–Crippen MR) is 71.3 cm³/mol. The van der Waals surface area contributed by atoms with E-state index in [0.717, 1.165) is 18.8 Å². The van der Waals surface area contributed by atoms with Crippen molar-refractivity contribution in [1.29, 1.82) is 0 Å². The summed E-state index contributed by atoms with van der Waals surface area (Å²) in [6.07, 6.45) is -0.0756. The average molecular weight is 250 g/mol. The van der Waals surface area contributed by atoms with Crippen LogP contribution in [0.25, 0.3) is 0 Å². The van der Waals surface area contributed by atoms with Crippen LogP contribution in [0.2, 0.25) is 0 Å². The summed E-state index contributed by atoms with van der Waals surface area (Å²) in [6, 6.07) is 1.84. The lowest BCUT2D eigenvalue weighted by molar-refractivity contribution is -0.0255. The summed E-state index contributed by atoms with van der Waals surface area (Å²) >= 11 is 0. The van der Waals surface area contributed by atoms with Crippen molar-refractivity contribution in [3.63, 3.8) is 0 Å². The van der Waals surface area contributed by atoms with Crippen LogP contribution >= 0.6 is 0 Å². The Bertz CT molecular complexity index is 427. The highest BCUT2D eigenvalue weighted by molar-refractivity contribution is 5.33. The van der Waals surface area contributed by atoms with Crippen LogP contribution in [0.4, 0.5) is 5.82 Å². The maximum Gasteiger partial charge on any atom is 0.161 e. The highest BCUT2D eigenvalue weighted by atomic mass is 16.5. The first kappa shape index (κ1) is 13.2. The minimum Gasteiger partial charge on any atom is -0.384 e. The quantitative estimate of drug-likeness (QED) is 0.815. The molecule has 5 heteroatoms. The van der Waals surface area contributed by atoms with Gasteiger partial charge in [0.15, 0.2) is 5.82 Å². The van der Waals surface area contributed by atoms with E-state index in [1.165, 1.54) is 0 Å². The molecule has 1 aromatic rings. The van der Waals surface area contributed by atoms with Crippen molar-refractivity contribution < 1.29 is 4.74 Å². The van der Waals surface area contributed by atoms with Crippen molar-refractivity contribution in [2.24, 2.45) is 0 Å².